The van der Waals surface area contributed by atoms with Crippen LogP contribution in [0, 0.1) is 11.8 Å². The first-order valence-corrected chi connectivity index (χ1v) is 9.29. The number of piperidine rings is 1. The monoisotopic (exact) mass is 339 g/mol. The molecule has 0 radical (unpaired) electrons. The third-order valence-corrected chi connectivity index (χ3v) is 4.82. The van der Waals surface area contributed by atoms with Crippen molar-refractivity contribution < 1.29 is 9.84 Å². The van der Waals surface area contributed by atoms with Crippen molar-refractivity contribution in [1.82, 2.24) is 4.90 Å². The van der Waals surface area contributed by atoms with Gasteiger partial charge in [0.25, 0.3) is 0 Å². The molecule has 1 aliphatic heterocycles. The third-order valence-electron chi connectivity index (χ3n) is 4.82. The van der Waals surface area contributed by atoms with E-state index in [1.165, 1.54) is 17.5 Å². The van der Waals surface area contributed by atoms with Crippen LogP contribution in [0.2, 0.25) is 0 Å². The van der Waals surface area contributed by atoms with Gasteiger partial charge in [0, 0.05) is 19.6 Å². The number of aliphatic hydroxyl groups excluding tert-OH is 1. The van der Waals surface area contributed by atoms with E-state index >= 15 is 0 Å². The Hall–Kier alpha value is -1.84. The van der Waals surface area contributed by atoms with Crippen molar-refractivity contribution in [2.45, 2.75) is 26.4 Å². The molecule has 25 heavy (non-hydrogen) atoms. The first-order chi connectivity index (χ1) is 12.1. The van der Waals surface area contributed by atoms with E-state index in [0.29, 0.717) is 25.0 Å². The van der Waals surface area contributed by atoms with E-state index in [-0.39, 0.29) is 0 Å². The van der Waals surface area contributed by atoms with Crippen molar-refractivity contribution >= 4 is 0 Å². The molecule has 0 unspecified atom stereocenters. The summed E-state index contributed by atoms with van der Waals surface area (Å²) in [7, 11) is 0. The third kappa shape index (κ3) is 5.32. The maximum absolute atomic E-state index is 10.3. The van der Waals surface area contributed by atoms with Crippen LogP contribution < -0.4 is 4.74 Å². The molecule has 3 rings (SSSR count). The van der Waals surface area contributed by atoms with Crippen LogP contribution >= 0.6 is 0 Å². The summed E-state index contributed by atoms with van der Waals surface area (Å²) in [6.07, 6.45) is 0.836. The van der Waals surface area contributed by atoms with Crippen molar-refractivity contribution in [3.05, 3.63) is 54.6 Å². The van der Waals surface area contributed by atoms with E-state index < -0.39 is 6.10 Å². The highest BCUT2D eigenvalue weighted by Gasteiger charge is 2.23. The highest BCUT2D eigenvalue weighted by Crippen LogP contribution is 2.23. The van der Waals surface area contributed by atoms with Gasteiger partial charge in [-0.1, -0.05) is 56.3 Å². The number of ether oxygens (including phenoxy) is 1. The molecule has 1 N–H and O–H groups in total. The Kier molecular flexibility index (Phi) is 6.11. The van der Waals surface area contributed by atoms with Crippen molar-refractivity contribution in [3.8, 4) is 16.9 Å². The summed E-state index contributed by atoms with van der Waals surface area (Å²) >= 11 is 0. The summed E-state index contributed by atoms with van der Waals surface area (Å²) in [5.74, 6) is 2.23. The van der Waals surface area contributed by atoms with Crippen LogP contribution in [0.25, 0.3) is 11.1 Å². The predicted octanol–water partition coefficient (Wildman–Crippen LogP) is 4.07. The highest BCUT2D eigenvalue weighted by molar-refractivity contribution is 5.63. The standard InChI is InChI=1S/C22H29NO2/c1-17-12-18(2)14-23(13-17)15-21(24)16-25-22-10-8-20(9-11-22)19-6-4-3-5-7-19/h3-11,17-18,21,24H,12-16H2,1-2H3/t17-,18-,21-/m0/s1. The Morgan fingerprint density at radius 2 is 1.56 bits per heavy atom. The molecule has 3 heteroatoms. The Labute approximate surface area is 151 Å². The van der Waals surface area contributed by atoms with E-state index in [1.54, 1.807) is 0 Å². The predicted molar refractivity (Wildman–Crippen MR) is 103 cm³/mol. The Balaban J connectivity index is 1.48. The summed E-state index contributed by atoms with van der Waals surface area (Å²) in [6, 6.07) is 18.4. The van der Waals surface area contributed by atoms with E-state index in [0.717, 1.165) is 18.8 Å². The molecule has 3 atom stereocenters. The van der Waals surface area contributed by atoms with Crippen molar-refractivity contribution in [2.24, 2.45) is 11.8 Å². The number of hydrogen-bond acceptors (Lipinski definition) is 3. The van der Waals surface area contributed by atoms with Crippen molar-refractivity contribution in [3.63, 3.8) is 0 Å². The molecule has 1 heterocycles. The number of likely N-dealkylation sites (tertiary alicyclic amines) is 1. The molecule has 0 aliphatic carbocycles. The number of aliphatic hydroxyl groups is 1. The molecule has 0 saturated carbocycles. The van der Waals surface area contributed by atoms with Gasteiger partial charge in [-0.2, -0.15) is 0 Å². The van der Waals surface area contributed by atoms with Gasteiger partial charge in [0.05, 0.1) is 0 Å². The lowest BCUT2D eigenvalue weighted by Gasteiger charge is -2.35. The van der Waals surface area contributed by atoms with E-state index in [2.05, 4.69) is 43.0 Å². The minimum Gasteiger partial charge on any atom is -0.491 e. The maximum atomic E-state index is 10.3. The zero-order valence-electron chi connectivity index (χ0n) is 15.3. The van der Waals surface area contributed by atoms with Gasteiger partial charge in [0.15, 0.2) is 0 Å². The SMILES string of the molecule is C[C@H]1C[C@H](C)CN(C[C@H](O)COc2ccc(-c3ccccc3)cc2)C1. The zero-order chi connectivity index (χ0) is 17.6. The Bertz CT molecular complexity index is 631. The molecule has 0 aromatic heterocycles. The fraction of sp³-hybridized carbons (Fsp3) is 0.455. The second-order valence-electron chi connectivity index (χ2n) is 7.52. The minimum atomic E-state index is -0.453. The van der Waals surface area contributed by atoms with Gasteiger partial charge in [-0.05, 0) is 41.5 Å². The molecule has 1 fully saturated rings. The molecule has 0 amide bonds. The molecule has 0 spiro atoms. The molecule has 1 saturated heterocycles. The number of nitrogens with zero attached hydrogens (tertiary/aromatic N) is 1. The lowest BCUT2D eigenvalue weighted by molar-refractivity contribution is 0.0429. The number of rotatable bonds is 6. The van der Waals surface area contributed by atoms with E-state index in [9.17, 15) is 5.11 Å². The van der Waals surface area contributed by atoms with Crippen LogP contribution in [0.4, 0.5) is 0 Å². The summed E-state index contributed by atoms with van der Waals surface area (Å²) in [5.41, 5.74) is 2.37. The summed E-state index contributed by atoms with van der Waals surface area (Å²) in [5, 5.41) is 10.3. The van der Waals surface area contributed by atoms with E-state index in [1.807, 2.05) is 30.3 Å². The lowest BCUT2D eigenvalue weighted by atomic mass is 9.92. The molecule has 0 bridgehead atoms. The van der Waals surface area contributed by atoms with Gasteiger partial charge in [-0.25, -0.2) is 0 Å². The Morgan fingerprint density at radius 3 is 2.20 bits per heavy atom. The maximum Gasteiger partial charge on any atom is 0.119 e. The summed E-state index contributed by atoms with van der Waals surface area (Å²) in [4.78, 5) is 2.37. The molecule has 2 aromatic carbocycles. The van der Waals surface area contributed by atoms with Crippen LogP contribution in [-0.2, 0) is 0 Å². The molecule has 1 aliphatic rings. The normalized spacial score (nSPS) is 22.5. The Morgan fingerprint density at radius 1 is 0.960 bits per heavy atom. The topological polar surface area (TPSA) is 32.7 Å². The number of hydrogen-bond donors (Lipinski definition) is 1. The van der Waals surface area contributed by atoms with Crippen molar-refractivity contribution in [1.29, 1.82) is 0 Å². The summed E-state index contributed by atoms with van der Waals surface area (Å²) < 4.78 is 5.78. The van der Waals surface area contributed by atoms with Gasteiger partial charge in [0.1, 0.15) is 18.5 Å². The van der Waals surface area contributed by atoms with Gasteiger partial charge in [-0.15, -0.1) is 0 Å². The van der Waals surface area contributed by atoms with Gasteiger partial charge < -0.3 is 14.7 Å². The lowest BCUT2D eigenvalue weighted by Crippen LogP contribution is -2.43. The summed E-state index contributed by atoms with van der Waals surface area (Å²) in [6.45, 7) is 7.76. The minimum absolute atomic E-state index is 0.337. The van der Waals surface area contributed by atoms with Crippen molar-refractivity contribution in [2.75, 3.05) is 26.2 Å². The molecule has 3 nitrogen and oxygen atoms in total. The second kappa shape index (κ2) is 8.50. The average Bonchev–Trinajstić information content (AvgIpc) is 2.60. The molecule has 134 valence electrons. The number of β-amino-alcohol motifs (C(OH)–C–C–N with tert-alkyl or cyclic N) is 1. The quantitative estimate of drug-likeness (QED) is 0.861. The first-order valence-electron chi connectivity index (χ1n) is 9.29. The van der Waals surface area contributed by atoms with Crippen LogP contribution in [-0.4, -0.2) is 42.4 Å². The van der Waals surface area contributed by atoms with Crippen LogP contribution in [0.15, 0.2) is 54.6 Å². The van der Waals surface area contributed by atoms with Crippen LogP contribution in [0.5, 0.6) is 5.75 Å². The van der Waals surface area contributed by atoms with E-state index in [4.69, 9.17) is 4.74 Å². The van der Waals surface area contributed by atoms with Crippen LogP contribution in [0.3, 0.4) is 0 Å². The second-order valence-corrected chi connectivity index (χ2v) is 7.52. The smallest absolute Gasteiger partial charge is 0.119 e. The van der Waals surface area contributed by atoms with Gasteiger partial charge in [-0.3, -0.25) is 0 Å². The average molecular weight is 339 g/mol. The zero-order valence-corrected chi connectivity index (χ0v) is 15.3. The molecular weight excluding hydrogens is 310 g/mol. The fourth-order valence-corrected chi connectivity index (χ4v) is 3.86. The van der Waals surface area contributed by atoms with Gasteiger partial charge in [0.2, 0.25) is 0 Å². The largest absolute Gasteiger partial charge is 0.491 e. The molecule has 2 aromatic rings. The highest BCUT2D eigenvalue weighted by atomic mass is 16.5. The number of benzene rings is 2. The van der Waals surface area contributed by atoms with Gasteiger partial charge >= 0.3 is 0 Å². The molecular formula is C22H29NO2. The fourth-order valence-electron chi connectivity index (χ4n) is 3.86. The first kappa shape index (κ1) is 18.0. The van der Waals surface area contributed by atoms with Crippen LogP contribution in [0.1, 0.15) is 20.3 Å².